The van der Waals surface area contributed by atoms with Gasteiger partial charge < -0.3 is 15.2 Å². The molecule has 0 saturated heterocycles. The number of nitrogens with zero attached hydrogens (tertiary/aromatic N) is 4. The molecule has 2 fully saturated rings. The molecule has 0 aromatic carbocycles. The van der Waals surface area contributed by atoms with E-state index < -0.39 is 0 Å². The molecular weight excluding hydrogens is 396 g/mol. The summed E-state index contributed by atoms with van der Waals surface area (Å²) in [6, 6.07) is 8.81. The van der Waals surface area contributed by atoms with E-state index >= 15 is 0 Å². The van der Waals surface area contributed by atoms with Gasteiger partial charge in [0.1, 0.15) is 5.82 Å². The number of carbonyl (C=O) groups is 1. The second-order valence-electron chi connectivity index (χ2n) is 8.30. The first kappa shape index (κ1) is 19.5. The third kappa shape index (κ3) is 4.50. The van der Waals surface area contributed by atoms with Crippen LogP contribution in [0.15, 0.2) is 52.0 Å². The van der Waals surface area contributed by atoms with Crippen molar-refractivity contribution in [3.05, 3.63) is 64.5 Å². The lowest BCUT2D eigenvalue weighted by molar-refractivity contribution is 0.0910. The Bertz CT molecular complexity index is 1120. The van der Waals surface area contributed by atoms with Crippen molar-refractivity contribution in [1.29, 1.82) is 0 Å². The van der Waals surface area contributed by atoms with Crippen molar-refractivity contribution in [1.82, 2.24) is 25.2 Å². The Morgan fingerprint density at radius 1 is 1.19 bits per heavy atom. The van der Waals surface area contributed by atoms with Crippen LogP contribution in [0.5, 0.6) is 0 Å². The summed E-state index contributed by atoms with van der Waals surface area (Å²) in [7, 11) is 0. The van der Waals surface area contributed by atoms with Gasteiger partial charge in [-0.3, -0.25) is 9.59 Å². The van der Waals surface area contributed by atoms with E-state index in [9.17, 15) is 9.59 Å². The van der Waals surface area contributed by atoms with Crippen molar-refractivity contribution in [3.8, 4) is 5.69 Å². The van der Waals surface area contributed by atoms with Crippen molar-refractivity contribution in [2.75, 3.05) is 11.9 Å². The second kappa shape index (κ2) is 8.33. The molecule has 2 saturated carbocycles. The molecule has 2 N–H and O–H groups in total. The third-order valence-electron chi connectivity index (χ3n) is 5.90. The molecular formula is C22H24N6O3. The summed E-state index contributed by atoms with van der Waals surface area (Å²) in [6.45, 7) is 0.617. The minimum atomic E-state index is -0.196. The van der Waals surface area contributed by atoms with E-state index in [2.05, 4.69) is 25.9 Å². The fourth-order valence-corrected chi connectivity index (χ4v) is 4.04. The van der Waals surface area contributed by atoms with Crippen LogP contribution in [0.1, 0.15) is 54.3 Å². The topological polar surface area (TPSA) is 115 Å². The molecule has 3 heterocycles. The monoisotopic (exact) mass is 420 g/mol. The maximum atomic E-state index is 12.3. The molecule has 0 bridgehead atoms. The highest BCUT2D eigenvalue weighted by atomic mass is 16.5. The lowest BCUT2D eigenvalue weighted by Crippen LogP contribution is -2.28. The number of hydrogen-bond donors (Lipinski definition) is 2. The Labute approximate surface area is 178 Å². The van der Waals surface area contributed by atoms with Crippen LogP contribution < -0.4 is 16.2 Å². The molecule has 3 aromatic rings. The number of nitrogens with one attached hydrogen (secondary N) is 2. The lowest BCUT2D eigenvalue weighted by Gasteiger charge is -2.14. The molecule has 0 aliphatic heterocycles. The molecule has 0 radical (unpaired) electrons. The first-order valence-corrected chi connectivity index (χ1v) is 10.7. The Balaban J connectivity index is 1.11. The molecule has 160 valence electrons. The molecule has 9 nitrogen and oxygen atoms in total. The van der Waals surface area contributed by atoms with Crippen molar-refractivity contribution in [3.63, 3.8) is 0 Å². The number of pyridine rings is 1. The van der Waals surface area contributed by atoms with Crippen LogP contribution in [-0.2, 0) is 0 Å². The minimum absolute atomic E-state index is 0.195. The summed E-state index contributed by atoms with van der Waals surface area (Å²) in [5, 5.41) is 14.5. The molecule has 2 atom stereocenters. The molecule has 2 aliphatic rings. The molecule has 0 spiro atoms. The first-order chi connectivity index (χ1) is 15.2. The Kier molecular flexibility index (Phi) is 5.23. The second-order valence-corrected chi connectivity index (χ2v) is 8.30. The summed E-state index contributed by atoms with van der Waals surface area (Å²) in [6.07, 6.45) is 8.46. The van der Waals surface area contributed by atoms with E-state index in [4.69, 9.17) is 4.52 Å². The van der Waals surface area contributed by atoms with Crippen LogP contribution >= 0.6 is 0 Å². The van der Waals surface area contributed by atoms with Gasteiger partial charge in [0.15, 0.2) is 0 Å². The summed E-state index contributed by atoms with van der Waals surface area (Å²) < 4.78 is 6.50. The Hall–Kier alpha value is -3.49. The minimum Gasteiger partial charge on any atom is -0.367 e. The van der Waals surface area contributed by atoms with Crippen molar-refractivity contribution in [2.45, 2.75) is 44.1 Å². The van der Waals surface area contributed by atoms with Gasteiger partial charge in [-0.05, 0) is 56.2 Å². The fourth-order valence-electron chi connectivity index (χ4n) is 4.04. The number of anilines is 1. The Morgan fingerprint density at radius 3 is 2.87 bits per heavy atom. The van der Waals surface area contributed by atoms with Gasteiger partial charge in [0, 0.05) is 36.8 Å². The van der Waals surface area contributed by atoms with Crippen LogP contribution in [0.3, 0.4) is 0 Å². The van der Waals surface area contributed by atoms with Crippen molar-refractivity contribution in [2.24, 2.45) is 5.92 Å². The normalized spacial score (nSPS) is 20.5. The van der Waals surface area contributed by atoms with Crippen LogP contribution in [0.25, 0.3) is 5.69 Å². The van der Waals surface area contributed by atoms with Gasteiger partial charge in [-0.1, -0.05) is 5.16 Å². The highest BCUT2D eigenvalue weighted by Gasteiger charge is 2.29. The van der Waals surface area contributed by atoms with Crippen LogP contribution in [0.2, 0.25) is 0 Å². The van der Waals surface area contributed by atoms with E-state index in [1.54, 1.807) is 24.5 Å². The van der Waals surface area contributed by atoms with Gasteiger partial charge in [-0.15, -0.1) is 0 Å². The molecule has 1 amide bonds. The summed E-state index contributed by atoms with van der Waals surface area (Å²) in [5.74, 6) is 1.73. The van der Waals surface area contributed by atoms with Crippen LogP contribution in [-0.4, -0.2) is 38.4 Å². The average molecular weight is 420 g/mol. The molecule has 9 heteroatoms. The first-order valence-electron chi connectivity index (χ1n) is 10.7. The number of hydrogen-bond acceptors (Lipinski definition) is 7. The van der Waals surface area contributed by atoms with Gasteiger partial charge in [0.25, 0.3) is 11.5 Å². The van der Waals surface area contributed by atoms with Gasteiger partial charge in [-0.25, -0.2) is 4.98 Å². The van der Waals surface area contributed by atoms with Crippen molar-refractivity contribution >= 4 is 11.7 Å². The highest BCUT2D eigenvalue weighted by Crippen LogP contribution is 2.39. The lowest BCUT2D eigenvalue weighted by atomic mass is 10.1. The van der Waals surface area contributed by atoms with Gasteiger partial charge >= 0.3 is 0 Å². The van der Waals surface area contributed by atoms with Crippen LogP contribution in [0, 0.1) is 5.92 Å². The van der Waals surface area contributed by atoms with Gasteiger partial charge in [-0.2, -0.15) is 9.78 Å². The van der Waals surface area contributed by atoms with E-state index in [0.29, 0.717) is 35.9 Å². The zero-order valence-electron chi connectivity index (χ0n) is 17.0. The van der Waals surface area contributed by atoms with Crippen LogP contribution in [0.4, 0.5) is 5.82 Å². The summed E-state index contributed by atoms with van der Waals surface area (Å²) >= 11 is 0. The molecule has 31 heavy (non-hydrogen) atoms. The fraction of sp³-hybridized carbons (Fsp3) is 0.409. The quantitative estimate of drug-likeness (QED) is 0.603. The molecule has 5 rings (SSSR count). The maximum absolute atomic E-state index is 12.3. The SMILES string of the molecule is O=C(NCC1CCC(Nc2ccc(-n3ncccc3=O)cn2)C1)c1cc(C2CC2)no1. The zero-order valence-corrected chi connectivity index (χ0v) is 17.0. The molecule has 2 unspecified atom stereocenters. The van der Waals surface area contributed by atoms with E-state index in [0.717, 1.165) is 43.6 Å². The van der Waals surface area contributed by atoms with E-state index in [-0.39, 0.29) is 11.5 Å². The highest BCUT2D eigenvalue weighted by molar-refractivity contribution is 5.91. The molecule has 2 aliphatic carbocycles. The third-order valence-corrected chi connectivity index (χ3v) is 5.90. The van der Waals surface area contributed by atoms with Gasteiger partial charge in [0.2, 0.25) is 5.76 Å². The van der Waals surface area contributed by atoms with E-state index in [1.165, 1.54) is 10.7 Å². The van der Waals surface area contributed by atoms with Gasteiger partial charge in [0.05, 0.1) is 17.6 Å². The largest absolute Gasteiger partial charge is 0.367 e. The predicted octanol–water partition coefficient (Wildman–Crippen LogP) is 2.50. The summed E-state index contributed by atoms with van der Waals surface area (Å²) in [4.78, 5) is 28.6. The predicted molar refractivity (Wildman–Crippen MR) is 113 cm³/mol. The number of aromatic nitrogens is 4. The summed E-state index contributed by atoms with van der Waals surface area (Å²) in [5.41, 5.74) is 1.32. The van der Waals surface area contributed by atoms with E-state index in [1.807, 2.05) is 12.1 Å². The smallest absolute Gasteiger partial charge is 0.289 e. The zero-order chi connectivity index (χ0) is 21.2. The Morgan fingerprint density at radius 2 is 2.10 bits per heavy atom. The average Bonchev–Trinajstić information content (AvgIpc) is 3.34. The molecule has 3 aromatic heterocycles. The number of carbonyl (C=O) groups excluding carboxylic acids is 1. The maximum Gasteiger partial charge on any atom is 0.289 e. The number of amides is 1. The number of rotatable bonds is 7. The van der Waals surface area contributed by atoms with Crippen molar-refractivity contribution < 1.29 is 9.32 Å². The standard InChI is InChI=1S/C22H24N6O3/c29-21-2-1-9-25-28(21)17-7-8-20(23-13-17)26-16-6-3-14(10-16)12-24-22(30)19-11-18(27-31-19)15-4-5-15/h1-2,7-9,11,13-16H,3-6,10,12H2,(H,23,26)(H,24,30).